The second kappa shape index (κ2) is 7.18. The minimum Gasteiger partial charge on any atom is -0.488 e. The van der Waals surface area contributed by atoms with Gasteiger partial charge in [-0.15, -0.1) is 0 Å². The van der Waals surface area contributed by atoms with E-state index in [0.717, 1.165) is 22.3 Å². The summed E-state index contributed by atoms with van der Waals surface area (Å²) in [6, 6.07) is 17.6. The van der Waals surface area contributed by atoms with Gasteiger partial charge in [-0.25, -0.2) is 14.6 Å². The average molecular weight is 402 g/mol. The second-order valence-electron chi connectivity index (χ2n) is 7.15. The Morgan fingerprint density at radius 3 is 2.43 bits per heavy atom. The van der Waals surface area contributed by atoms with Crippen molar-refractivity contribution in [1.82, 2.24) is 4.98 Å². The minimum absolute atomic E-state index is 0.00290. The number of carbonyl (C=O) groups is 2. The van der Waals surface area contributed by atoms with E-state index in [1.807, 2.05) is 24.3 Å². The summed E-state index contributed by atoms with van der Waals surface area (Å²) in [4.78, 5) is 29.5. The number of pyridine rings is 1. The molecule has 7 heteroatoms. The number of carboxylic acids is 1. The van der Waals surface area contributed by atoms with Gasteiger partial charge >= 0.3 is 12.1 Å². The molecule has 0 bridgehead atoms. The monoisotopic (exact) mass is 402 g/mol. The highest BCUT2D eigenvalue weighted by Crippen LogP contribution is 2.44. The van der Waals surface area contributed by atoms with Crippen LogP contribution in [0.15, 0.2) is 60.8 Å². The number of ether oxygens (including phenoxy) is 2. The Morgan fingerprint density at radius 1 is 1.10 bits per heavy atom. The summed E-state index contributed by atoms with van der Waals surface area (Å²) in [6.45, 7) is 0.720. The van der Waals surface area contributed by atoms with Crippen molar-refractivity contribution in [3.05, 3.63) is 77.5 Å². The second-order valence-corrected chi connectivity index (χ2v) is 7.15. The lowest BCUT2D eigenvalue weighted by atomic mass is 9.98. The van der Waals surface area contributed by atoms with Crippen LogP contribution >= 0.6 is 0 Å². The number of benzene rings is 2. The minimum atomic E-state index is -1.10. The molecule has 150 valence electrons. The van der Waals surface area contributed by atoms with Crippen molar-refractivity contribution in [3.8, 4) is 16.9 Å². The van der Waals surface area contributed by atoms with Gasteiger partial charge in [0.1, 0.15) is 13.2 Å². The Hall–Kier alpha value is -3.87. The molecule has 0 saturated carbocycles. The quantitative estimate of drug-likeness (QED) is 0.714. The van der Waals surface area contributed by atoms with Gasteiger partial charge in [0.2, 0.25) is 0 Å². The third-order valence-corrected chi connectivity index (χ3v) is 5.46. The molecule has 1 amide bonds. The van der Waals surface area contributed by atoms with E-state index in [1.54, 1.807) is 0 Å². The first-order chi connectivity index (χ1) is 14.6. The number of rotatable bonds is 3. The molecule has 3 aromatic rings. The molecule has 30 heavy (non-hydrogen) atoms. The van der Waals surface area contributed by atoms with Crippen molar-refractivity contribution in [1.29, 1.82) is 0 Å². The molecule has 0 spiro atoms. The number of aromatic carboxylic acids is 1. The maximum absolute atomic E-state index is 12.9. The predicted octanol–water partition coefficient (Wildman–Crippen LogP) is 3.93. The van der Waals surface area contributed by atoms with Gasteiger partial charge in [0, 0.05) is 18.2 Å². The van der Waals surface area contributed by atoms with E-state index in [0.29, 0.717) is 0 Å². The van der Waals surface area contributed by atoms with Gasteiger partial charge in [-0.3, -0.25) is 4.90 Å². The molecule has 0 atom stereocenters. The Labute approximate surface area is 172 Å². The van der Waals surface area contributed by atoms with Crippen LogP contribution < -0.4 is 9.64 Å². The van der Waals surface area contributed by atoms with Crippen molar-refractivity contribution < 1.29 is 24.2 Å². The smallest absolute Gasteiger partial charge is 0.415 e. The first-order valence-electron chi connectivity index (χ1n) is 9.62. The van der Waals surface area contributed by atoms with Crippen molar-refractivity contribution in [3.63, 3.8) is 0 Å². The van der Waals surface area contributed by atoms with E-state index in [2.05, 4.69) is 29.2 Å². The molecule has 7 nitrogen and oxygen atoms in total. The van der Waals surface area contributed by atoms with E-state index in [4.69, 9.17) is 14.6 Å². The fourth-order valence-corrected chi connectivity index (χ4v) is 4.07. The number of nitrogens with zero attached hydrogens (tertiary/aromatic N) is 2. The van der Waals surface area contributed by atoms with E-state index in [-0.39, 0.29) is 42.8 Å². The number of anilines is 1. The Balaban J connectivity index is 1.37. The lowest BCUT2D eigenvalue weighted by Crippen LogP contribution is -2.39. The standard InChI is InChI=1S/C23H18N2O5/c26-22(27)14-11-20-21(24-12-14)25(9-10-29-20)23(28)30-13-19-17-7-3-1-5-15(17)16-6-2-4-8-18(16)19/h1-8,11-12,19H,9-10,13H2,(H,26,27). The molecule has 0 fully saturated rings. The third kappa shape index (κ3) is 2.95. The zero-order valence-corrected chi connectivity index (χ0v) is 15.9. The Bertz CT molecular complexity index is 1110. The number of carboxylic acid groups (broad SMARTS) is 1. The molecule has 0 radical (unpaired) electrons. The number of hydrogen-bond donors (Lipinski definition) is 1. The Kier molecular flexibility index (Phi) is 4.35. The number of amides is 1. The highest BCUT2D eigenvalue weighted by molar-refractivity contribution is 5.92. The van der Waals surface area contributed by atoms with Gasteiger partial charge in [-0.05, 0) is 22.3 Å². The van der Waals surface area contributed by atoms with Gasteiger partial charge < -0.3 is 14.6 Å². The topological polar surface area (TPSA) is 89.0 Å². The number of fused-ring (bicyclic) bond motifs is 4. The van der Waals surface area contributed by atoms with Crippen LogP contribution in [0.2, 0.25) is 0 Å². The van der Waals surface area contributed by atoms with E-state index in [9.17, 15) is 9.59 Å². The maximum atomic E-state index is 12.9. The molecule has 5 rings (SSSR count). The zero-order valence-electron chi connectivity index (χ0n) is 15.9. The summed E-state index contributed by atoms with van der Waals surface area (Å²) in [7, 11) is 0. The van der Waals surface area contributed by atoms with E-state index < -0.39 is 12.1 Å². The van der Waals surface area contributed by atoms with Crippen molar-refractivity contribution in [2.75, 3.05) is 24.7 Å². The molecule has 1 aliphatic carbocycles. The summed E-state index contributed by atoms with van der Waals surface area (Å²) in [6.07, 6.45) is 0.677. The van der Waals surface area contributed by atoms with Crippen LogP contribution in [-0.4, -0.2) is 41.9 Å². The molecule has 1 aromatic heterocycles. The average Bonchev–Trinajstić information content (AvgIpc) is 3.10. The first-order valence-corrected chi connectivity index (χ1v) is 9.62. The third-order valence-electron chi connectivity index (χ3n) is 5.46. The van der Waals surface area contributed by atoms with Crippen LogP contribution in [0.3, 0.4) is 0 Å². The van der Waals surface area contributed by atoms with Crippen LogP contribution in [0.5, 0.6) is 5.75 Å². The van der Waals surface area contributed by atoms with Crippen LogP contribution in [0.4, 0.5) is 10.6 Å². The Morgan fingerprint density at radius 2 is 1.77 bits per heavy atom. The van der Waals surface area contributed by atoms with Crippen molar-refractivity contribution in [2.45, 2.75) is 5.92 Å². The molecule has 1 aliphatic heterocycles. The molecule has 2 aromatic carbocycles. The number of carbonyl (C=O) groups excluding carboxylic acids is 1. The summed E-state index contributed by atoms with van der Waals surface area (Å²) in [5, 5.41) is 9.13. The summed E-state index contributed by atoms with van der Waals surface area (Å²) < 4.78 is 11.2. The number of aromatic nitrogens is 1. The lowest BCUT2D eigenvalue weighted by molar-refractivity contribution is 0.0696. The molecular weight excluding hydrogens is 384 g/mol. The molecule has 1 N–H and O–H groups in total. The number of hydrogen-bond acceptors (Lipinski definition) is 5. The molecular formula is C23H18N2O5. The van der Waals surface area contributed by atoms with Crippen LogP contribution in [0.1, 0.15) is 27.4 Å². The van der Waals surface area contributed by atoms with Crippen LogP contribution in [-0.2, 0) is 4.74 Å². The van der Waals surface area contributed by atoms with Gasteiger partial charge in [0.05, 0.1) is 12.1 Å². The normalized spacial score (nSPS) is 14.3. The van der Waals surface area contributed by atoms with E-state index >= 15 is 0 Å². The summed E-state index contributed by atoms with van der Waals surface area (Å²) in [5.74, 6) is -0.616. The highest BCUT2D eigenvalue weighted by atomic mass is 16.6. The highest BCUT2D eigenvalue weighted by Gasteiger charge is 2.32. The maximum Gasteiger partial charge on any atom is 0.415 e. The van der Waals surface area contributed by atoms with Crippen LogP contribution in [0, 0.1) is 0 Å². The van der Waals surface area contributed by atoms with Gasteiger partial charge in [0.15, 0.2) is 11.6 Å². The first kappa shape index (κ1) is 18.2. The summed E-state index contributed by atoms with van der Waals surface area (Å²) in [5.41, 5.74) is 4.60. The van der Waals surface area contributed by atoms with Gasteiger partial charge in [0.25, 0.3) is 0 Å². The molecule has 2 aliphatic rings. The SMILES string of the molecule is O=C(O)c1cnc2c(c1)OCCN2C(=O)OCC1c2ccccc2-c2ccccc21. The largest absolute Gasteiger partial charge is 0.488 e. The summed E-state index contributed by atoms with van der Waals surface area (Å²) >= 11 is 0. The van der Waals surface area contributed by atoms with E-state index in [1.165, 1.54) is 17.2 Å². The molecule has 0 saturated heterocycles. The predicted molar refractivity (Wildman–Crippen MR) is 109 cm³/mol. The van der Waals surface area contributed by atoms with Gasteiger partial charge in [-0.1, -0.05) is 48.5 Å². The van der Waals surface area contributed by atoms with Crippen LogP contribution in [0.25, 0.3) is 11.1 Å². The zero-order chi connectivity index (χ0) is 20.7. The molecule has 2 heterocycles. The fraction of sp³-hybridized carbons (Fsp3) is 0.174. The molecule has 0 unspecified atom stereocenters. The van der Waals surface area contributed by atoms with Gasteiger partial charge in [-0.2, -0.15) is 0 Å². The van der Waals surface area contributed by atoms with Crippen molar-refractivity contribution >= 4 is 17.9 Å². The van der Waals surface area contributed by atoms with Crippen molar-refractivity contribution in [2.24, 2.45) is 0 Å². The lowest BCUT2D eigenvalue weighted by Gasteiger charge is -2.28. The fourth-order valence-electron chi connectivity index (χ4n) is 4.07.